The predicted molar refractivity (Wildman–Crippen MR) is 127 cm³/mol. The number of aliphatic hydroxyl groups is 1. The number of nitrogens with zero attached hydrogens (tertiary/aromatic N) is 1. The van der Waals surface area contributed by atoms with Crippen LogP contribution in [0.5, 0.6) is 5.75 Å². The van der Waals surface area contributed by atoms with E-state index >= 15 is 0 Å². The molecule has 0 saturated carbocycles. The molecule has 3 aromatic rings. The Bertz CT molecular complexity index is 1190. The van der Waals surface area contributed by atoms with Gasteiger partial charge in [0, 0.05) is 17.0 Å². The topological polar surface area (TPSA) is 66.8 Å². The third-order valence-corrected chi connectivity index (χ3v) is 6.06. The zero-order chi connectivity index (χ0) is 23.4. The highest BCUT2D eigenvalue weighted by Crippen LogP contribution is 2.40. The lowest BCUT2D eigenvalue weighted by molar-refractivity contribution is -0.130. The molecule has 3 aromatic carbocycles. The molecule has 5 nitrogen and oxygen atoms in total. The summed E-state index contributed by atoms with van der Waals surface area (Å²) in [6.45, 7) is 0.176. The molecule has 168 valence electrons. The maximum Gasteiger partial charge on any atom is 0.290 e. The van der Waals surface area contributed by atoms with Crippen LogP contribution in [0, 0.1) is 0 Å². The highest BCUT2D eigenvalue weighted by Gasteiger charge is 2.43. The van der Waals surface area contributed by atoms with E-state index < -0.39 is 17.7 Å². The Kier molecular flexibility index (Phi) is 6.80. The number of halogens is 1. The molecule has 0 radical (unpaired) electrons. The van der Waals surface area contributed by atoms with Crippen LogP contribution in [-0.4, -0.2) is 28.8 Å². The first-order valence-corrected chi connectivity index (χ1v) is 11.1. The number of carbonyl (C=O) groups is 2. The summed E-state index contributed by atoms with van der Waals surface area (Å²) in [7, 11) is 1.57. The molecule has 6 heteroatoms. The first-order valence-electron chi connectivity index (χ1n) is 10.7. The van der Waals surface area contributed by atoms with Gasteiger partial charge >= 0.3 is 0 Å². The summed E-state index contributed by atoms with van der Waals surface area (Å²) in [6.07, 6.45) is 0.702. The van der Waals surface area contributed by atoms with Crippen molar-refractivity contribution in [2.75, 3.05) is 7.11 Å². The van der Waals surface area contributed by atoms with Crippen molar-refractivity contribution in [2.45, 2.75) is 25.4 Å². The normalized spacial score (nSPS) is 15.8. The zero-order valence-electron chi connectivity index (χ0n) is 18.2. The molecule has 1 amide bonds. The van der Waals surface area contributed by atoms with Gasteiger partial charge in [0.2, 0.25) is 0 Å². The first-order chi connectivity index (χ1) is 16.0. The molecule has 4 rings (SSSR count). The standard InChI is InChI=1S/C27H24ClNO4/c1-33-23-10-6-5-9-20(23)17-29-25(19-12-14-21(28)15-13-19)24(26(31)27(29)32)22(30)16-11-18-7-3-2-4-8-18/h2-10,12-15,25,31H,11,16-17H2,1H3. The summed E-state index contributed by atoms with van der Waals surface area (Å²) in [5.41, 5.74) is 2.62. The third-order valence-electron chi connectivity index (χ3n) is 5.81. The number of para-hydroxylation sites is 1. The van der Waals surface area contributed by atoms with Crippen molar-refractivity contribution in [3.05, 3.63) is 112 Å². The van der Waals surface area contributed by atoms with E-state index in [4.69, 9.17) is 16.3 Å². The summed E-state index contributed by atoms with van der Waals surface area (Å²) >= 11 is 6.07. The van der Waals surface area contributed by atoms with E-state index in [1.165, 1.54) is 4.90 Å². The van der Waals surface area contributed by atoms with Crippen molar-refractivity contribution in [3.8, 4) is 5.75 Å². The minimum atomic E-state index is -0.719. The van der Waals surface area contributed by atoms with Crippen LogP contribution < -0.4 is 4.74 Å². The predicted octanol–water partition coefficient (Wildman–Crippen LogP) is 5.45. The van der Waals surface area contributed by atoms with Crippen molar-refractivity contribution >= 4 is 23.3 Å². The summed E-state index contributed by atoms with van der Waals surface area (Å²) in [6, 6.07) is 23.3. The lowest BCUT2D eigenvalue weighted by atomic mass is 9.93. The van der Waals surface area contributed by atoms with Crippen LogP contribution >= 0.6 is 11.6 Å². The van der Waals surface area contributed by atoms with Gasteiger partial charge in [-0.25, -0.2) is 0 Å². The molecule has 0 spiro atoms. The summed E-state index contributed by atoms with van der Waals surface area (Å²) in [4.78, 5) is 28.0. The molecule has 0 aliphatic carbocycles. The second kappa shape index (κ2) is 9.92. The van der Waals surface area contributed by atoms with E-state index in [0.717, 1.165) is 11.1 Å². The Labute approximate surface area is 197 Å². The maximum absolute atomic E-state index is 13.3. The first kappa shape index (κ1) is 22.6. The summed E-state index contributed by atoms with van der Waals surface area (Å²) in [5, 5.41) is 11.3. The monoisotopic (exact) mass is 461 g/mol. The van der Waals surface area contributed by atoms with Gasteiger partial charge in [-0.1, -0.05) is 72.3 Å². The van der Waals surface area contributed by atoms with Gasteiger partial charge in [0.05, 0.1) is 25.3 Å². The van der Waals surface area contributed by atoms with Crippen LogP contribution in [0.4, 0.5) is 0 Å². The fourth-order valence-corrected chi connectivity index (χ4v) is 4.27. The number of ether oxygens (including phenoxy) is 1. The molecule has 0 bridgehead atoms. The van der Waals surface area contributed by atoms with Crippen molar-refractivity contribution in [3.63, 3.8) is 0 Å². The molecular weight excluding hydrogens is 438 g/mol. The number of hydrogen-bond donors (Lipinski definition) is 1. The van der Waals surface area contributed by atoms with Crippen LogP contribution in [0.1, 0.15) is 29.2 Å². The number of carbonyl (C=O) groups excluding carboxylic acids is 2. The van der Waals surface area contributed by atoms with Crippen molar-refractivity contribution < 1.29 is 19.4 Å². The lowest BCUT2D eigenvalue weighted by Gasteiger charge is -2.27. The van der Waals surface area contributed by atoms with E-state index in [-0.39, 0.29) is 24.3 Å². The van der Waals surface area contributed by atoms with E-state index in [1.54, 1.807) is 31.4 Å². The zero-order valence-corrected chi connectivity index (χ0v) is 19.0. The minimum Gasteiger partial charge on any atom is -0.503 e. The number of Topliss-reactive ketones (excluding diaryl/α,β-unsaturated/α-hetero) is 1. The molecule has 1 aliphatic rings. The van der Waals surface area contributed by atoms with Crippen molar-refractivity contribution in [2.24, 2.45) is 0 Å². The van der Waals surface area contributed by atoms with Crippen molar-refractivity contribution in [1.82, 2.24) is 4.90 Å². The molecular formula is C27H24ClNO4. The van der Waals surface area contributed by atoms with Crippen molar-refractivity contribution in [1.29, 1.82) is 0 Å². The minimum absolute atomic E-state index is 0.119. The second-order valence-corrected chi connectivity index (χ2v) is 8.31. The number of ketones is 1. The largest absolute Gasteiger partial charge is 0.503 e. The Morgan fingerprint density at radius 3 is 2.36 bits per heavy atom. The van der Waals surface area contributed by atoms with Gasteiger partial charge < -0.3 is 14.7 Å². The van der Waals surface area contributed by atoms with E-state index in [2.05, 4.69) is 0 Å². The van der Waals surface area contributed by atoms with E-state index in [0.29, 0.717) is 22.8 Å². The molecule has 0 aromatic heterocycles. The maximum atomic E-state index is 13.3. The average molecular weight is 462 g/mol. The highest BCUT2D eigenvalue weighted by atomic mass is 35.5. The number of aliphatic hydroxyl groups excluding tert-OH is 1. The number of methoxy groups -OCH3 is 1. The Balaban J connectivity index is 1.68. The Morgan fingerprint density at radius 1 is 1.00 bits per heavy atom. The van der Waals surface area contributed by atoms with Gasteiger partial charge in [-0.15, -0.1) is 0 Å². The fourth-order valence-electron chi connectivity index (χ4n) is 4.15. The molecule has 1 heterocycles. The molecule has 1 unspecified atom stereocenters. The van der Waals surface area contributed by atoms with E-state index in [1.807, 2.05) is 54.6 Å². The number of rotatable bonds is 8. The van der Waals surface area contributed by atoms with Gasteiger partial charge in [0.25, 0.3) is 5.91 Å². The summed E-state index contributed by atoms with van der Waals surface area (Å²) < 4.78 is 5.44. The second-order valence-electron chi connectivity index (χ2n) is 7.87. The van der Waals surface area contributed by atoms with Crippen LogP contribution in [-0.2, 0) is 22.6 Å². The van der Waals surface area contributed by atoms with Crippen LogP contribution in [0.2, 0.25) is 5.02 Å². The molecule has 1 N–H and O–H groups in total. The number of benzene rings is 3. The van der Waals surface area contributed by atoms with E-state index in [9.17, 15) is 14.7 Å². The van der Waals surface area contributed by atoms with Crippen LogP contribution in [0.25, 0.3) is 0 Å². The lowest BCUT2D eigenvalue weighted by Crippen LogP contribution is -2.30. The molecule has 0 saturated heterocycles. The summed E-state index contributed by atoms with van der Waals surface area (Å²) in [5.74, 6) is -0.706. The van der Waals surface area contributed by atoms with Gasteiger partial charge in [0.15, 0.2) is 11.5 Å². The fraction of sp³-hybridized carbons (Fsp3) is 0.185. The third kappa shape index (κ3) is 4.78. The number of aryl methyl sites for hydroxylation is 1. The SMILES string of the molecule is COc1ccccc1CN1C(=O)C(O)=C(C(=O)CCc2ccccc2)C1c1ccc(Cl)cc1. The van der Waals surface area contributed by atoms with Gasteiger partial charge in [0.1, 0.15) is 5.75 Å². The van der Waals surface area contributed by atoms with Gasteiger partial charge in [-0.3, -0.25) is 9.59 Å². The highest BCUT2D eigenvalue weighted by molar-refractivity contribution is 6.30. The molecule has 33 heavy (non-hydrogen) atoms. The van der Waals surface area contributed by atoms with Gasteiger partial charge in [-0.05, 0) is 35.7 Å². The van der Waals surface area contributed by atoms with Gasteiger partial charge in [-0.2, -0.15) is 0 Å². The molecule has 1 aliphatic heterocycles. The number of amides is 1. The average Bonchev–Trinajstić information content (AvgIpc) is 3.09. The quantitative estimate of drug-likeness (QED) is 0.484. The number of hydrogen-bond acceptors (Lipinski definition) is 4. The van der Waals surface area contributed by atoms with Crippen LogP contribution in [0.3, 0.4) is 0 Å². The molecule has 0 fully saturated rings. The smallest absolute Gasteiger partial charge is 0.290 e. The Morgan fingerprint density at radius 2 is 1.67 bits per heavy atom. The Hall–Kier alpha value is -3.57. The molecule has 1 atom stereocenters. The van der Waals surface area contributed by atoms with Crippen LogP contribution in [0.15, 0.2) is 90.2 Å².